The number of carbonyl (C=O) groups excluding carboxylic acids is 2. The molecule has 8 aromatic heterocycles. The van der Waals surface area contributed by atoms with Gasteiger partial charge in [0.1, 0.15) is 83.7 Å². The zero-order chi connectivity index (χ0) is 98.2. The van der Waals surface area contributed by atoms with Crippen LogP contribution in [0.25, 0.3) is 97.9 Å². The number of benzene rings is 7. The molecule has 136 heavy (non-hydrogen) atoms. The molecule has 720 valence electrons. The fourth-order valence-electron chi connectivity index (χ4n) is 15.3. The summed E-state index contributed by atoms with van der Waals surface area (Å²) < 4.78 is 67.6. The lowest BCUT2D eigenvalue weighted by molar-refractivity contribution is -0.118. The van der Waals surface area contributed by atoms with Crippen molar-refractivity contribution in [3.05, 3.63) is 204 Å². The molecule has 1 saturated carbocycles. The topological polar surface area (TPSA) is 241 Å². The van der Waals surface area contributed by atoms with Gasteiger partial charge < -0.3 is 47.9 Å². The highest BCUT2D eigenvalue weighted by atomic mass is 79.9. The highest BCUT2D eigenvalue weighted by Crippen LogP contribution is 2.44. The number of para-hydroxylation sites is 1. The fourth-order valence-corrected chi connectivity index (χ4v) is 19.4. The largest absolute Gasteiger partial charge is 0.497 e. The van der Waals surface area contributed by atoms with E-state index in [0.29, 0.717) is 64.0 Å². The van der Waals surface area contributed by atoms with Crippen molar-refractivity contribution in [2.75, 3.05) is 26.6 Å². The molecule has 0 radical (unpaired) electrons. The van der Waals surface area contributed by atoms with Gasteiger partial charge in [-0.3, -0.25) is 14.3 Å². The van der Waals surface area contributed by atoms with E-state index in [2.05, 4.69) is 107 Å². The van der Waals surface area contributed by atoms with Gasteiger partial charge in [0, 0.05) is 123 Å². The quantitative estimate of drug-likeness (QED) is 0.0591. The lowest BCUT2D eigenvalue weighted by Gasteiger charge is -2.19. The Morgan fingerprint density at radius 2 is 1.04 bits per heavy atom. The maximum atomic E-state index is 13.4. The van der Waals surface area contributed by atoms with E-state index >= 15 is 0 Å². The average Bonchev–Trinajstić information content (AvgIpc) is 1.56. The van der Waals surface area contributed by atoms with Crippen molar-refractivity contribution in [2.24, 2.45) is 5.92 Å². The second kappa shape index (κ2) is 47.3. The van der Waals surface area contributed by atoms with Crippen LogP contribution in [-0.2, 0) is 22.6 Å². The summed E-state index contributed by atoms with van der Waals surface area (Å²) in [4.78, 5) is 63.4. The zero-order valence-corrected chi connectivity index (χ0v) is 88.1. The van der Waals surface area contributed by atoms with Gasteiger partial charge in [0.2, 0.25) is 5.91 Å². The molecule has 1 N–H and O–H groups in total. The summed E-state index contributed by atoms with van der Waals surface area (Å²) in [6.07, 6.45) is 6.51. The maximum absolute atomic E-state index is 13.4. The van der Waals surface area contributed by atoms with Crippen LogP contribution < -0.4 is 43.2 Å². The van der Waals surface area contributed by atoms with Crippen molar-refractivity contribution in [3.63, 3.8) is 0 Å². The summed E-state index contributed by atoms with van der Waals surface area (Å²) in [5, 5.41) is 20.3. The minimum Gasteiger partial charge on any atom is -0.497 e. The predicted molar refractivity (Wildman–Crippen MR) is 559 cm³/mol. The third kappa shape index (κ3) is 26.2. The molecule has 22 nitrogen and oxygen atoms in total. The first kappa shape index (κ1) is 104. The van der Waals surface area contributed by atoms with E-state index < -0.39 is 0 Å². The SMILES string of the molecule is CC(C)OC(=O)N1Cc2cccc(F)c2C1.CC(C)Oc1nc2c(-c3nc(C4CCCCC4)cs3)cccc2n1C(C)C.COc1ccc(OC(C)C)c2cc(Cl)ccc12.COc1ccc2c(OC(C)C)cc(-c3nc(C(C)C)cs3)nc2c1.COc1ccc2c(OC(C)C)cc(-c3nc(C(C)C)cs3)nc2c1C.Cc1ccc2c(OC(C)C)cc(-c3csc(NC(=O)C(C)C)n3)nc2c1Br. The molecular weight excluding hydrogens is 1880 g/mol. The van der Waals surface area contributed by atoms with Gasteiger partial charge >= 0.3 is 6.09 Å². The molecule has 7 aromatic carbocycles. The molecule has 1 aliphatic carbocycles. The number of ether oxygens (including phenoxy) is 9. The van der Waals surface area contributed by atoms with Crippen molar-refractivity contribution in [2.45, 2.75) is 258 Å². The van der Waals surface area contributed by atoms with Gasteiger partial charge in [0.25, 0.3) is 6.01 Å². The smallest absolute Gasteiger partial charge is 0.410 e. The Balaban J connectivity index is 0.000000148. The van der Waals surface area contributed by atoms with Crippen LogP contribution in [0.5, 0.6) is 46.3 Å². The van der Waals surface area contributed by atoms with Crippen LogP contribution in [-0.4, -0.2) is 119 Å². The zero-order valence-electron chi connectivity index (χ0n) is 82.5. The van der Waals surface area contributed by atoms with Gasteiger partial charge in [0.15, 0.2) is 5.13 Å². The number of pyridine rings is 3. The second-order valence-corrected chi connectivity index (χ2v) is 41.0. The van der Waals surface area contributed by atoms with E-state index in [1.807, 2.05) is 199 Å². The van der Waals surface area contributed by atoms with Crippen LogP contribution in [0.4, 0.5) is 14.3 Å². The van der Waals surface area contributed by atoms with Crippen LogP contribution in [0.2, 0.25) is 5.02 Å². The Kier molecular flexibility index (Phi) is 36.1. The predicted octanol–water partition coefficient (Wildman–Crippen LogP) is 30.2. The number of fused-ring (bicyclic) bond motifs is 6. The van der Waals surface area contributed by atoms with Crippen LogP contribution in [0.1, 0.15) is 234 Å². The van der Waals surface area contributed by atoms with E-state index in [9.17, 15) is 14.0 Å². The summed E-state index contributed by atoms with van der Waals surface area (Å²) in [5.41, 5.74) is 15.9. The molecule has 2 aliphatic rings. The number of amides is 2. The van der Waals surface area contributed by atoms with Gasteiger partial charge in [0.05, 0.1) is 109 Å². The number of anilines is 1. The average molecular weight is 2000 g/mol. The molecule has 1 fully saturated rings. The summed E-state index contributed by atoms with van der Waals surface area (Å²) >= 11 is 16.0. The summed E-state index contributed by atoms with van der Waals surface area (Å²) in [6.45, 7) is 45.2. The highest BCUT2D eigenvalue weighted by molar-refractivity contribution is 9.10. The number of hydrogen-bond acceptors (Lipinski definition) is 23. The number of aryl methyl sites for hydroxylation is 2. The van der Waals surface area contributed by atoms with Gasteiger partial charge in [-0.1, -0.05) is 96.7 Å². The molecule has 0 spiro atoms. The monoisotopic (exact) mass is 2000 g/mol. The number of nitrogens with one attached hydrogen (secondary N) is 1. The Labute approximate surface area is 828 Å². The summed E-state index contributed by atoms with van der Waals surface area (Å²) in [7, 11) is 5.00. The third-order valence-corrected chi connectivity index (χ3v) is 26.7. The highest BCUT2D eigenvalue weighted by Gasteiger charge is 2.29. The maximum Gasteiger partial charge on any atom is 0.410 e. The lowest BCUT2D eigenvalue weighted by Crippen LogP contribution is -2.28. The van der Waals surface area contributed by atoms with Crippen molar-refractivity contribution in [1.29, 1.82) is 0 Å². The Morgan fingerprint density at radius 3 is 1.62 bits per heavy atom. The molecule has 0 atom stereocenters. The van der Waals surface area contributed by atoms with Gasteiger partial charge in [-0.15, -0.1) is 45.3 Å². The van der Waals surface area contributed by atoms with Gasteiger partial charge in [-0.2, -0.15) is 4.98 Å². The van der Waals surface area contributed by atoms with E-state index in [0.717, 1.165) is 159 Å². The molecule has 29 heteroatoms. The molecule has 15 aromatic rings. The van der Waals surface area contributed by atoms with Crippen LogP contribution in [0.3, 0.4) is 0 Å². The Morgan fingerprint density at radius 1 is 0.478 bits per heavy atom. The minimum atomic E-state index is -0.384. The standard InChI is InChI=1S/C22H29N3OS.C20H22BrN3O2S.C20H24N2O2S.C19H22N2O2S.C14H15ClO2.C12H14FNO2/c1-14(2)25-19-12-8-11-17(20(19)24-22(25)26-15(3)4)21-23-18(13-27-21)16-9-6-5-7-10-16;1-10(2)19(25)24-20-23-15(9-27-20)14-8-16(26-11(3)4)13-7-6-12(5)17(21)18(13)22-14;1-11(2)16-10-25-20(22-16)15-9-18(24-12(3)4)14-7-8-17(23-6)13(5)19(14)21-15;1-11(2)17-10-24-19(21-17)16-9-18(23-12(3)4)14-7-6-13(22-5)8-15(14)20-16;1-9(2)17-14-7-6-13(16-3)11-5-4-10(15)8-12(11)14;1-8(2)16-12(15)14-6-9-4-3-5-11(13)10(9)7-14/h8,11-16H,5-7,9-10H2,1-4H3;6-11H,1-5H3,(H,23,24,25);7-12H,1-6H3;6-12H,1-5H3;4-9H,1-3H3;3-5,8H,6-7H2,1-2H3. The number of aromatic nitrogens is 9. The number of halogens is 3. The van der Waals surface area contributed by atoms with E-state index in [1.165, 1.54) is 60.1 Å². The number of hydrogen-bond donors (Lipinski definition) is 1. The van der Waals surface area contributed by atoms with E-state index in [4.69, 9.17) is 89.1 Å². The number of methoxy groups -OCH3 is 3. The fraction of sp³-hybridized carbons (Fsp3) is 0.402. The second-order valence-electron chi connectivity index (χ2n) is 36.3. The normalized spacial score (nSPS) is 12.6. The van der Waals surface area contributed by atoms with Crippen molar-refractivity contribution < 1.29 is 56.6 Å². The third-order valence-electron chi connectivity index (χ3n) is 22.0. The molecule has 17 rings (SSSR count). The Hall–Kier alpha value is -11.1. The Bertz CT molecular complexity index is 6640. The van der Waals surface area contributed by atoms with Gasteiger partial charge in [-0.05, 0) is 241 Å². The molecule has 0 unspecified atom stereocenters. The van der Waals surface area contributed by atoms with Crippen LogP contribution >= 0.6 is 72.9 Å². The number of thiazole rings is 4. The molecule has 0 saturated heterocycles. The van der Waals surface area contributed by atoms with E-state index in [-0.39, 0.29) is 66.4 Å². The van der Waals surface area contributed by atoms with Crippen molar-refractivity contribution in [3.8, 4) is 89.6 Å². The van der Waals surface area contributed by atoms with Crippen molar-refractivity contribution >= 4 is 145 Å². The number of imidazole rings is 1. The molecule has 2 amide bonds. The van der Waals surface area contributed by atoms with E-state index in [1.54, 1.807) is 75.3 Å². The first-order valence-electron chi connectivity index (χ1n) is 46.4. The van der Waals surface area contributed by atoms with Crippen molar-refractivity contribution in [1.82, 2.24) is 49.3 Å². The summed E-state index contributed by atoms with van der Waals surface area (Å²) in [6, 6.07) is 41.6. The minimum absolute atomic E-state index is 0.0415. The summed E-state index contributed by atoms with van der Waals surface area (Å²) in [5.74, 6) is 6.74. The number of nitrogens with zero attached hydrogens (tertiary/aromatic N) is 10. The van der Waals surface area contributed by atoms with Crippen LogP contribution in [0.15, 0.2) is 153 Å². The number of rotatable bonds is 24. The first-order valence-corrected chi connectivity index (χ1v) is 51.1. The first-order chi connectivity index (χ1) is 64.9. The number of carbonyl (C=O) groups is 2. The molecule has 9 heterocycles. The molecular formula is C107H126BrClFN11O11S4. The lowest BCUT2D eigenvalue weighted by atomic mass is 9.87. The van der Waals surface area contributed by atoms with Crippen LogP contribution in [0, 0.1) is 25.6 Å². The molecule has 0 bridgehead atoms. The van der Waals surface area contributed by atoms with Gasteiger partial charge in [-0.25, -0.2) is 44.1 Å². The molecule has 1 aliphatic heterocycles.